The molecule has 0 radical (unpaired) electrons. The molecule has 4 N–H and O–H groups in total. The minimum absolute atomic E-state index is 0.0111. The molecule has 0 saturated heterocycles. The van der Waals surface area contributed by atoms with E-state index in [0.717, 1.165) is 22.5 Å². The summed E-state index contributed by atoms with van der Waals surface area (Å²) in [5.74, 6) is -0.554. The van der Waals surface area contributed by atoms with Gasteiger partial charge in [-0.2, -0.15) is 5.26 Å². The van der Waals surface area contributed by atoms with Crippen molar-refractivity contribution in [1.29, 1.82) is 5.26 Å². The summed E-state index contributed by atoms with van der Waals surface area (Å²) in [5, 5.41) is 16.5. The Bertz CT molecular complexity index is 1400. The number of nitrogens with zero attached hydrogens (tertiary/aromatic N) is 3. The summed E-state index contributed by atoms with van der Waals surface area (Å²) < 4.78 is 28.2. The number of primary sulfonamides is 1. The van der Waals surface area contributed by atoms with Crippen LogP contribution in [0.3, 0.4) is 0 Å². The van der Waals surface area contributed by atoms with Crippen molar-refractivity contribution in [2.75, 3.05) is 6.61 Å². The fraction of sp³-hybridized carbons (Fsp3) is 0.167. The van der Waals surface area contributed by atoms with Crippen LogP contribution < -0.4 is 10.9 Å². The van der Waals surface area contributed by atoms with E-state index in [1.165, 1.54) is 17.5 Å². The van der Waals surface area contributed by atoms with Gasteiger partial charge in [0.25, 0.3) is 0 Å². The van der Waals surface area contributed by atoms with Crippen LogP contribution in [0.25, 0.3) is 5.70 Å². The van der Waals surface area contributed by atoms with E-state index >= 15 is 0 Å². The summed E-state index contributed by atoms with van der Waals surface area (Å²) in [7, 11) is -3.83. The number of nitriles is 1. The molecule has 0 spiro atoms. The average Bonchev–Trinajstić information content (AvgIpc) is 3.31. The maximum atomic E-state index is 12.0. The Labute approximate surface area is 207 Å². The van der Waals surface area contributed by atoms with Crippen LogP contribution in [-0.4, -0.2) is 31.7 Å². The lowest BCUT2D eigenvalue weighted by Gasteiger charge is -2.14. The zero-order valence-corrected chi connectivity index (χ0v) is 20.5. The Morgan fingerprint density at radius 3 is 2.46 bits per heavy atom. The first kappa shape index (κ1) is 25.8. The molecule has 0 aliphatic rings. The summed E-state index contributed by atoms with van der Waals surface area (Å²) in [6.45, 7) is 1.92. The number of hydrogen-bond acceptors (Lipinski definition) is 9. The zero-order valence-electron chi connectivity index (χ0n) is 18.8. The topological polar surface area (TPSA) is 162 Å². The fourth-order valence-corrected chi connectivity index (χ4v) is 4.36. The molecule has 1 aromatic heterocycles. The summed E-state index contributed by atoms with van der Waals surface area (Å²) in [4.78, 5) is 20.7. The standard InChI is InChI=1S/C24H23N5O4S2/c1-2-33-23(30)21-15-34-24(29-21)28-20(12-13-25)19(22(26)17-6-4-3-5-7-17)14-16-8-10-18(11-9-16)35(27,31)32/h3-11,15H,2,12,14,26H2,1H3,(H2,27,31,32). The third-order valence-electron chi connectivity index (χ3n) is 4.84. The van der Waals surface area contributed by atoms with E-state index < -0.39 is 16.0 Å². The Hall–Kier alpha value is -3.85. The van der Waals surface area contributed by atoms with Crippen molar-refractivity contribution in [1.82, 2.24) is 4.98 Å². The SMILES string of the molecule is CCOC(=O)c1csc(N=C(CC#N)C(Cc2ccc(S(N)(=O)=O)cc2)=C(N)c2ccccc2)n1. The molecule has 3 rings (SSSR count). The molecule has 180 valence electrons. The molecule has 0 unspecified atom stereocenters. The predicted octanol–water partition coefficient (Wildman–Crippen LogP) is 3.57. The number of aromatic nitrogens is 1. The number of hydrogen-bond donors (Lipinski definition) is 2. The molecule has 9 nitrogen and oxygen atoms in total. The Kier molecular flexibility index (Phi) is 8.48. The number of allylic oxidation sites excluding steroid dienone is 1. The summed E-state index contributed by atoms with van der Waals surface area (Å²) in [5.41, 5.74) is 9.53. The van der Waals surface area contributed by atoms with Crippen LogP contribution in [0.15, 0.2) is 75.4 Å². The molecule has 0 saturated carbocycles. The van der Waals surface area contributed by atoms with Gasteiger partial charge < -0.3 is 10.5 Å². The molecular formula is C24H23N5O4S2. The van der Waals surface area contributed by atoms with Gasteiger partial charge in [-0.3, -0.25) is 0 Å². The van der Waals surface area contributed by atoms with Gasteiger partial charge in [-0.05, 0) is 30.2 Å². The Morgan fingerprint density at radius 2 is 1.86 bits per heavy atom. The van der Waals surface area contributed by atoms with Crippen LogP contribution in [0.1, 0.15) is 35.0 Å². The van der Waals surface area contributed by atoms with Gasteiger partial charge in [0.15, 0.2) is 5.69 Å². The molecule has 11 heteroatoms. The van der Waals surface area contributed by atoms with Gasteiger partial charge in [-0.15, -0.1) is 11.3 Å². The molecule has 0 bridgehead atoms. The molecule has 35 heavy (non-hydrogen) atoms. The monoisotopic (exact) mass is 509 g/mol. The van der Waals surface area contributed by atoms with Crippen molar-refractivity contribution in [3.63, 3.8) is 0 Å². The molecule has 0 aliphatic heterocycles. The van der Waals surface area contributed by atoms with Crippen molar-refractivity contribution in [3.05, 3.63) is 82.4 Å². The molecule has 0 fully saturated rings. The summed E-state index contributed by atoms with van der Waals surface area (Å²) in [6, 6.07) is 17.4. The number of aliphatic imine (C=N–C) groups is 1. The van der Waals surface area contributed by atoms with Gasteiger partial charge in [0, 0.05) is 23.1 Å². The lowest BCUT2D eigenvalue weighted by Crippen LogP contribution is -2.14. The first-order valence-electron chi connectivity index (χ1n) is 10.5. The maximum Gasteiger partial charge on any atom is 0.357 e. The number of benzene rings is 2. The van der Waals surface area contributed by atoms with Crippen molar-refractivity contribution in [2.45, 2.75) is 24.7 Å². The molecule has 0 amide bonds. The number of carbonyl (C=O) groups is 1. The van der Waals surface area contributed by atoms with Gasteiger partial charge >= 0.3 is 5.97 Å². The second-order valence-electron chi connectivity index (χ2n) is 7.25. The van der Waals surface area contributed by atoms with Crippen LogP contribution in [0, 0.1) is 11.3 Å². The summed E-state index contributed by atoms with van der Waals surface area (Å²) in [6.07, 6.45) is 0.203. The van der Waals surface area contributed by atoms with E-state index in [4.69, 9.17) is 15.6 Å². The molecule has 1 heterocycles. The van der Waals surface area contributed by atoms with Crippen molar-refractivity contribution >= 4 is 43.9 Å². The fourth-order valence-electron chi connectivity index (χ4n) is 3.16. The molecule has 2 aromatic carbocycles. The van der Waals surface area contributed by atoms with Crippen molar-refractivity contribution < 1.29 is 17.9 Å². The van der Waals surface area contributed by atoms with E-state index in [9.17, 15) is 18.5 Å². The van der Waals surface area contributed by atoms with Crippen molar-refractivity contribution in [2.24, 2.45) is 15.9 Å². The Balaban J connectivity index is 2.08. The third kappa shape index (κ3) is 6.83. The highest BCUT2D eigenvalue weighted by molar-refractivity contribution is 7.89. The van der Waals surface area contributed by atoms with Gasteiger partial charge in [0.05, 0.1) is 29.7 Å². The normalized spacial score (nSPS) is 12.5. The van der Waals surface area contributed by atoms with E-state index in [2.05, 4.69) is 16.0 Å². The van der Waals surface area contributed by atoms with Crippen LogP contribution in [0.2, 0.25) is 0 Å². The minimum atomic E-state index is -3.83. The lowest BCUT2D eigenvalue weighted by atomic mass is 9.94. The van der Waals surface area contributed by atoms with Crippen LogP contribution in [-0.2, 0) is 21.2 Å². The number of rotatable bonds is 9. The number of thiazole rings is 1. The molecule has 0 atom stereocenters. The number of ether oxygens (including phenoxy) is 1. The highest BCUT2D eigenvalue weighted by atomic mass is 32.2. The second-order valence-corrected chi connectivity index (χ2v) is 9.65. The van der Waals surface area contributed by atoms with E-state index in [0.29, 0.717) is 17.0 Å². The smallest absolute Gasteiger partial charge is 0.357 e. The van der Waals surface area contributed by atoms with Crippen molar-refractivity contribution in [3.8, 4) is 6.07 Å². The van der Waals surface area contributed by atoms with Gasteiger partial charge in [-0.1, -0.05) is 42.5 Å². The number of sulfonamides is 1. The maximum absolute atomic E-state index is 12.0. The summed E-state index contributed by atoms with van der Waals surface area (Å²) >= 11 is 1.14. The first-order chi connectivity index (χ1) is 16.7. The molecule has 0 aliphatic carbocycles. The number of carbonyl (C=O) groups excluding carboxylic acids is 1. The average molecular weight is 510 g/mol. The lowest BCUT2D eigenvalue weighted by molar-refractivity contribution is 0.0520. The highest BCUT2D eigenvalue weighted by Crippen LogP contribution is 2.26. The highest BCUT2D eigenvalue weighted by Gasteiger charge is 2.17. The van der Waals surface area contributed by atoms with Crippen LogP contribution >= 0.6 is 11.3 Å². The molecule has 3 aromatic rings. The van der Waals surface area contributed by atoms with E-state index in [-0.39, 0.29) is 35.2 Å². The van der Waals surface area contributed by atoms with Gasteiger partial charge in [-0.25, -0.2) is 28.3 Å². The zero-order chi connectivity index (χ0) is 25.4. The Morgan fingerprint density at radius 1 is 1.17 bits per heavy atom. The molecular weight excluding hydrogens is 486 g/mol. The number of esters is 1. The van der Waals surface area contributed by atoms with Gasteiger partial charge in [0.1, 0.15) is 0 Å². The van der Waals surface area contributed by atoms with E-state index in [1.807, 2.05) is 30.3 Å². The van der Waals surface area contributed by atoms with E-state index in [1.54, 1.807) is 19.1 Å². The number of nitrogens with two attached hydrogens (primary N) is 2. The quantitative estimate of drug-likeness (QED) is 0.329. The largest absolute Gasteiger partial charge is 0.461 e. The predicted molar refractivity (Wildman–Crippen MR) is 134 cm³/mol. The second kappa shape index (κ2) is 11.5. The van der Waals surface area contributed by atoms with Gasteiger partial charge in [0.2, 0.25) is 15.2 Å². The van der Waals surface area contributed by atoms with Crippen LogP contribution in [0.4, 0.5) is 5.13 Å². The third-order valence-corrected chi connectivity index (χ3v) is 6.51. The minimum Gasteiger partial charge on any atom is -0.461 e. The first-order valence-corrected chi connectivity index (χ1v) is 12.9. The van der Waals surface area contributed by atoms with Crippen LogP contribution in [0.5, 0.6) is 0 Å².